The molecule has 38 heavy (non-hydrogen) atoms. The van der Waals surface area contributed by atoms with E-state index in [-0.39, 0.29) is 53.5 Å². The van der Waals surface area contributed by atoms with Gasteiger partial charge >= 0.3 is 12.1 Å². The predicted octanol–water partition coefficient (Wildman–Crippen LogP) is 5.54. The van der Waals surface area contributed by atoms with Gasteiger partial charge in [-0.3, -0.25) is 4.79 Å². The molecule has 1 amide bonds. The topological polar surface area (TPSA) is 111 Å². The van der Waals surface area contributed by atoms with Crippen LogP contribution in [0.1, 0.15) is 53.4 Å². The second kappa shape index (κ2) is 12.9. The first kappa shape index (κ1) is 29.9. The molecule has 0 atom stereocenters. The van der Waals surface area contributed by atoms with Gasteiger partial charge in [-0.2, -0.15) is 13.2 Å². The number of alkyl halides is 3. The maximum atomic E-state index is 13.8. The van der Waals surface area contributed by atoms with Crippen molar-refractivity contribution < 1.29 is 42.1 Å². The van der Waals surface area contributed by atoms with Gasteiger partial charge in [0.15, 0.2) is 5.06 Å². The number of amides is 1. The fraction of sp³-hybridized carbons (Fsp3) is 0.538. The number of carbonyl (C=O) groups is 2. The van der Waals surface area contributed by atoms with Gasteiger partial charge in [-0.05, 0) is 55.9 Å². The maximum Gasteiger partial charge on any atom is 0.420 e. The zero-order valence-corrected chi connectivity index (χ0v) is 22.4. The van der Waals surface area contributed by atoms with E-state index < -0.39 is 28.8 Å². The van der Waals surface area contributed by atoms with Gasteiger partial charge in [-0.1, -0.05) is 6.92 Å². The molecule has 2 aromatic rings. The van der Waals surface area contributed by atoms with Crippen molar-refractivity contribution in [3.8, 4) is 10.8 Å². The first-order valence-electron chi connectivity index (χ1n) is 12.3. The Morgan fingerprint density at radius 1 is 1.13 bits per heavy atom. The number of benzene rings is 1. The number of methoxy groups -OCH3 is 2. The Labute approximate surface area is 223 Å². The number of carbonyl (C=O) groups excluding carboxylic acids is 1. The van der Waals surface area contributed by atoms with Crippen molar-refractivity contribution in [3.63, 3.8) is 0 Å². The quantitative estimate of drug-likeness (QED) is 0.373. The number of nitrogens with two attached hydrogens (primary N) is 1. The van der Waals surface area contributed by atoms with Crippen LogP contribution in [0, 0.1) is 11.8 Å². The van der Waals surface area contributed by atoms with E-state index in [1.54, 1.807) is 0 Å². The molecule has 1 fully saturated rings. The highest BCUT2D eigenvalue weighted by Gasteiger charge is 2.38. The van der Waals surface area contributed by atoms with Gasteiger partial charge in [-0.25, -0.2) is 4.79 Å². The minimum Gasteiger partial charge on any atom is -0.478 e. The summed E-state index contributed by atoms with van der Waals surface area (Å²) in [6.07, 6.45) is -1.56. The lowest BCUT2D eigenvalue weighted by Gasteiger charge is -2.36. The molecule has 0 saturated heterocycles. The lowest BCUT2D eigenvalue weighted by molar-refractivity contribution is -0.138. The predicted molar refractivity (Wildman–Crippen MR) is 137 cm³/mol. The van der Waals surface area contributed by atoms with Crippen molar-refractivity contribution in [1.29, 1.82) is 0 Å². The number of carboxylic acids is 1. The Morgan fingerprint density at radius 3 is 2.29 bits per heavy atom. The Hall–Kier alpha value is -2.67. The third-order valence-electron chi connectivity index (χ3n) is 6.61. The first-order chi connectivity index (χ1) is 18.0. The minimum absolute atomic E-state index is 0.0893. The number of halogens is 3. The van der Waals surface area contributed by atoms with Gasteiger partial charge in [-0.15, -0.1) is 11.3 Å². The van der Waals surface area contributed by atoms with Crippen LogP contribution in [0.2, 0.25) is 0 Å². The molecule has 0 radical (unpaired) electrons. The van der Waals surface area contributed by atoms with E-state index in [1.165, 1.54) is 31.3 Å². The molecule has 1 aliphatic carbocycles. The summed E-state index contributed by atoms with van der Waals surface area (Å²) >= 11 is 0.736. The molecule has 3 rings (SSSR count). The highest BCUT2D eigenvalue weighted by molar-refractivity contribution is 7.14. The highest BCUT2D eigenvalue weighted by Crippen LogP contribution is 2.44. The Morgan fingerprint density at radius 2 is 1.76 bits per heavy atom. The van der Waals surface area contributed by atoms with Gasteiger partial charge < -0.3 is 30.0 Å². The van der Waals surface area contributed by atoms with Crippen molar-refractivity contribution in [1.82, 2.24) is 0 Å². The van der Waals surface area contributed by atoms with Gasteiger partial charge in [0.2, 0.25) is 5.91 Å². The van der Waals surface area contributed by atoms with E-state index in [0.29, 0.717) is 18.8 Å². The van der Waals surface area contributed by atoms with Crippen LogP contribution in [-0.4, -0.2) is 50.5 Å². The van der Waals surface area contributed by atoms with E-state index in [9.17, 15) is 27.9 Å². The SMILES string of the molecule is COCC(COC)N(C(=O)C1CCC(C)CC1)c1ccc(Oc2sc(CN)cc2C(F)(F)F)cc1C(=O)O. The van der Waals surface area contributed by atoms with Gasteiger partial charge in [0.05, 0.1) is 30.5 Å². The van der Waals surface area contributed by atoms with Crippen molar-refractivity contribution in [2.75, 3.05) is 32.3 Å². The van der Waals surface area contributed by atoms with Crippen LogP contribution in [0.15, 0.2) is 24.3 Å². The lowest BCUT2D eigenvalue weighted by atomic mass is 9.82. The van der Waals surface area contributed by atoms with E-state index in [1.807, 2.05) is 0 Å². The zero-order chi connectivity index (χ0) is 28.0. The summed E-state index contributed by atoms with van der Waals surface area (Å²) in [7, 11) is 2.94. The monoisotopic (exact) mass is 558 g/mol. The molecule has 0 aliphatic heterocycles. The van der Waals surface area contributed by atoms with E-state index in [4.69, 9.17) is 19.9 Å². The van der Waals surface area contributed by atoms with Gasteiger partial charge in [0, 0.05) is 31.6 Å². The maximum absolute atomic E-state index is 13.8. The number of carboxylic acid groups (broad SMARTS) is 1. The summed E-state index contributed by atoms with van der Waals surface area (Å²) in [5, 5.41) is 9.61. The average molecular weight is 559 g/mol. The summed E-state index contributed by atoms with van der Waals surface area (Å²) in [5.41, 5.74) is 4.32. The van der Waals surface area contributed by atoms with Gasteiger partial charge in [0.1, 0.15) is 11.3 Å². The molecular formula is C26H33F3N2O6S. The van der Waals surface area contributed by atoms with Gasteiger partial charge in [0.25, 0.3) is 0 Å². The van der Waals surface area contributed by atoms with Crippen LogP contribution < -0.4 is 15.4 Å². The molecule has 210 valence electrons. The van der Waals surface area contributed by atoms with E-state index in [2.05, 4.69) is 6.92 Å². The standard InChI is InChI=1S/C26H33F3N2O6S/c1-15-4-6-16(7-5-15)23(32)31(17(13-35-2)14-36-3)22-9-8-18(10-20(22)24(33)34)37-25-21(26(27,28)29)11-19(12-30)38-25/h8-11,15-17H,4-7,12-14,30H2,1-3H3,(H,33,34). The summed E-state index contributed by atoms with van der Waals surface area (Å²) in [6, 6.07) is 4.15. The van der Waals surface area contributed by atoms with Crippen LogP contribution in [-0.2, 0) is 27.0 Å². The highest BCUT2D eigenvalue weighted by atomic mass is 32.1. The third kappa shape index (κ3) is 7.04. The fourth-order valence-electron chi connectivity index (χ4n) is 4.65. The molecule has 8 nitrogen and oxygen atoms in total. The number of aromatic carboxylic acids is 1. The second-order valence-electron chi connectivity index (χ2n) is 9.43. The van der Waals surface area contributed by atoms with Crippen LogP contribution >= 0.6 is 11.3 Å². The molecule has 1 saturated carbocycles. The number of hydrogen-bond acceptors (Lipinski definition) is 7. The van der Waals surface area contributed by atoms with Crippen LogP contribution in [0.5, 0.6) is 10.8 Å². The average Bonchev–Trinajstić information content (AvgIpc) is 3.29. The van der Waals surface area contributed by atoms with E-state index >= 15 is 0 Å². The molecule has 1 aromatic carbocycles. The molecule has 1 aliphatic rings. The first-order valence-corrected chi connectivity index (χ1v) is 13.1. The van der Waals surface area contributed by atoms with Crippen LogP contribution in [0.4, 0.5) is 18.9 Å². The molecule has 0 spiro atoms. The Balaban J connectivity index is 2.04. The van der Waals surface area contributed by atoms with Crippen LogP contribution in [0.3, 0.4) is 0 Å². The number of hydrogen-bond donors (Lipinski definition) is 2. The zero-order valence-electron chi connectivity index (χ0n) is 21.5. The lowest BCUT2D eigenvalue weighted by Crippen LogP contribution is -2.49. The smallest absolute Gasteiger partial charge is 0.420 e. The number of thiophene rings is 1. The summed E-state index contributed by atoms with van der Waals surface area (Å²) in [6.45, 7) is 2.21. The molecular weight excluding hydrogens is 525 g/mol. The molecule has 3 N–H and O–H groups in total. The summed E-state index contributed by atoms with van der Waals surface area (Å²) in [4.78, 5) is 27.8. The second-order valence-corrected chi connectivity index (χ2v) is 10.5. The largest absolute Gasteiger partial charge is 0.478 e. The van der Waals surface area contributed by atoms with E-state index in [0.717, 1.165) is 36.3 Å². The number of rotatable bonds is 11. The van der Waals surface area contributed by atoms with Crippen molar-refractivity contribution >= 4 is 28.9 Å². The summed E-state index contributed by atoms with van der Waals surface area (Å²) in [5.74, 6) is -1.51. The number of ether oxygens (including phenoxy) is 3. The van der Waals surface area contributed by atoms with Crippen molar-refractivity contribution in [2.45, 2.75) is 51.4 Å². The Kier molecular flexibility index (Phi) is 10.2. The summed E-state index contributed by atoms with van der Waals surface area (Å²) < 4.78 is 56.7. The van der Waals surface area contributed by atoms with Crippen LogP contribution in [0.25, 0.3) is 0 Å². The normalized spacial score (nSPS) is 18.0. The van der Waals surface area contributed by atoms with Crippen molar-refractivity contribution in [2.24, 2.45) is 17.6 Å². The molecule has 12 heteroatoms. The molecule has 0 bridgehead atoms. The molecule has 0 unspecified atom stereocenters. The molecule has 1 heterocycles. The minimum atomic E-state index is -4.68. The number of anilines is 1. The van der Waals surface area contributed by atoms with Crippen molar-refractivity contribution in [3.05, 3.63) is 40.3 Å². The Bertz CT molecular complexity index is 1110. The fourth-order valence-corrected chi connectivity index (χ4v) is 5.57. The molecule has 1 aromatic heterocycles. The third-order valence-corrected chi connectivity index (χ3v) is 7.65. The number of nitrogens with zero attached hydrogens (tertiary/aromatic N) is 1.